The van der Waals surface area contributed by atoms with Crippen molar-refractivity contribution >= 4 is 44.8 Å². The maximum atomic E-state index is 13.1. The highest BCUT2D eigenvalue weighted by atomic mass is 35.5. The Balaban J connectivity index is 1.84. The zero-order valence-corrected chi connectivity index (χ0v) is 19.8. The number of hydrogen-bond acceptors (Lipinski definition) is 4. The third-order valence-corrected chi connectivity index (χ3v) is 7.45. The highest BCUT2D eigenvalue weighted by Gasteiger charge is 2.36. The minimum Gasteiger partial charge on any atom is -0.381 e. The normalized spacial score (nSPS) is 17.0. The Morgan fingerprint density at radius 2 is 1.81 bits per heavy atom. The van der Waals surface area contributed by atoms with E-state index in [1.807, 2.05) is 18.2 Å². The zero-order chi connectivity index (χ0) is 22.6. The molecule has 1 heterocycles. The van der Waals surface area contributed by atoms with Gasteiger partial charge in [-0.25, -0.2) is 8.42 Å². The van der Waals surface area contributed by atoms with E-state index in [-0.39, 0.29) is 16.1 Å². The number of rotatable bonds is 7. The SMILES string of the molecule is CC(C(=O)NCC1(c2ccccc2)CCOCC1)N(c1cc(Cl)ccc1Cl)S(C)(=O)=O. The summed E-state index contributed by atoms with van der Waals surface area (Å²) in [6, 6.07) is 13.5. The van der Waals surface area contributed by atoms with Crippen molar-refractivity contribution < 1.29 is 17.9 Å². The Kier molecular flexibility index (Phi) is 7.52. The van der Waals surface area contributed by atoms with Gasteiger partial charge in [0.2, 0.25) is 15.9 Å². The summed E-state index contributed by atoms with van der Waals surface area (Å²) in [5.41, 5.74) is 1.03. The van der Waals surface area contributed by atoms with Crippen molar-refractivity contribution in [3.63, 3.8) is 0 Å². The quantitative estimate of drug-likeness (QED) is 0.643. The van der Waals surface area contributed by atoms with Gasteiger partial charge in [0.05, 0.1) is 17.0 Å². The van der Waals surface area contributed by atoms with Crippen molar-refractivity contribution in [1.29, 1.82) is 0 Å². The van der Waals surface area contributed by atoms with Gasteiger partial charge in [-0.05, 0) is 43.5 Å². The van der Waals surface area contributed by atoms with Crippen LogP contribution in [-0.4, -0.2) is 46.4 Å². The Morgan fingerprint density at radius 3 is 2.42 bits per heavy atom. The molecule has 1 amide bonds. The van der Waals surface area contributed by atoms with Crippen LogP contribution in [0.3, 0.4) is 0 Å². The molecule has 9 heteroatoms. The van der Waals surface area contributed by atoms with Gasteiger partial charge in [-0.2, -0.15) is 0 Å². The van der Waals surface area contributed by atoms with Gasteiger partial charge in [0.25, 0.3) is 0 Å². The molecule has 1 fully saturated rings. The topological polar surface area (TPSA) is 75.7 Å². The predicted molar refractivity (Wildman–Crippen MR) is 124 cm³/mol. The Bertz CT molecular complexity index is 1030. The van der Waals surface area contributed by atoms with Crippen LogP contribution >= 0.6 is 23.2 Å². The molecule has 31 heavy (non-hydrogen) atoms. The number of carbonyl (C=O) groups excluding carboxylic acids is 1. The minimum atomic E-state index is -3.80. The van der Waals surface area contributed by atoms with E-state index in [4.69, 9.17) is 27.9 Å². The fourth-order valence-electron chi connectivity index (χ4n) is 3.96. The van der Waals surface area contributed by atoms with E-state index in [0.717, 1.165) is 29.0 Å². The average molecular weight is 485 g/mol. The summed E-state index contributed by atoms with van der Waals surface area (Å²) in [7, 11) is -3.80. The summed E-state index contributed by atoms with van der Waals surface area (Å²) < 4.78 is 31.7. The fraction of sp³-hybridized carbons (Fsp3) is 0.409. The first-order valence-corrected chi connectivity index (χ1v) is 12.6. The van der Waals surface area contributed by atoms with Crippen LogP contribution in [0.5, 0.6) is 0 Å². The Morgan fingerprint density at radius 1 is 1.16 bits per heavy atom. The molecule has 2 aromatic carbocycles. The van der Waals surface area contributed by atoms with Crippen LogP contribution in [-0.2, 0) is 25.0 Å². The molecule has 0 bridgehead atoms. The van der Waals surface area contributed by atoms with E-state index < -0.39 is 22.0 Å². The molecule has 1 unspecified atom stereocenters. The standard InChI is InChI=1S/C22H26Cl2N2O4S/c1-16(26(31(2,28)29)20-14-18(23)8-9-19(20)24)21(27)25-15-22(10-12-30-13-11-22)17-6-4-3-5-7-17/h3-9,14,16H,10-13,15H2,1-2H3,(H,25,27). The predicted octanol–water partition coefficient (Wildman–Crippen LogP) is 4.01. The van der Waals surface area contributed by atoms with Crippen molar-refractivity contribution in [2.24, 2.45) is 0 Å². The molecule has 0 radical (unpaired) electrons. The monoisotopic (exact) mass is 484 g/mol. The first-order chi connectivity index (χ1) is 14.6. The van der Waals surface area contributed by atoms with Gasteiger partial charge in [0.1, 0.15) is 6.04 Å². The summed E-state index contributed by atoms with van der Waals surface area (Å²) in [6.07, 6.45) is 2.57. The van der Waals surface area contributed by atoms with Gasteiger partial charge in [-0.15, -0.1) is 0 Å². The summed E-state index contributed by atoms with van der Waals surface area (Å²) in [4.78, 5) is 13.1. The second-order valence-electron chi connectivity index (χ2n) is 7.81. The molecule has 1 atom stereocenters. The highest BCUT2D eigenvalue weighted by Crippen LogP contribution is 2.35. The fourth-order valence-corrected chi connectivity index (χ4v) is 5.56. The number of carbonyl (C=O) groups is 1. The lowest BCUT2D eigenvalue weighted by Crippen LogP contribution is -2.52. The molecule has 1 N–H and O–H groups in total. The van der Waals surface area contributed by atoms with E-state index in [0.29, 0.717) is 24.8 Å². The minimum absolute atomic E-state index is 0.170. The van der Waals surface area contributed by atoms with Gasteiger partial charge >= 0.3 is 0 Å². The zero-order valence-electron chi connectivity index (χ0n) is 17.5. The molecule has 168 valence electrons. The summed E-state index contributed by atoms with van der Waals surface area (Å²) in [6.45, 7) is 3.12. The van der Waals surface area contributed by atoms with E-state index >= 15 is 0 Å². The van der Waals surface area contributed by atoms with Crippen LogP contribution < -0.4 is 9.62 Å². The first kappa shape index (κ1) is 23.9. The number of halogens is 2. The molecule has 0 spiro atoms. The molecule has 0 saturated carbocycles. The lowest BCUT2D eigenvalue weighted by atomic mass is 9.74. The molecule has 0 aromatic heterocycles. The third-order valence-electron chi connectivity index (χ3n) is 5.67. The van der Waals surface area contributed by atoms with Crippen molar-refractivity contribution in [3.05, 3.63) is 64.1 Å². The number of amides is 1. The molecule has 6 nitrogen and oxygen atoms in total. The molecule has 0 aliphatic carbocycles. The van der Waals surface area contributed by atoms with Crippen LogP contribution in [0, 0.1) is 0 Å². The molecule has 1 aliphatic rings. The second-order valence-corrected chi connectivity index (χ2v) is 10.5. The Labute approximate surface area is 193 Å². The maximum absolute atomic E-state index is 13.1. The van der Waals surface area contributed by atoms with Crippen molar-refractivity contribution in [3.8, 4) is 0 Å². The van der Waals surface area contributed by atoms with Gasteiger partial charge < -0.3 is 10.1 Å². The molecule has 1 saturated heterocycles. The van der Waals surface area contributed by atoms with Gasteiger partial charge in [0, 0.05) is 30.2 Å². The number of ether oxygens (including phenoxy) is 1. The number of benzene rings is 2. The molecular formula is C22H26Cl2N2O4S. The number of nitrogens with one attached hydrogen (secondary N) is 1. The maximum Gasteiger partial charge on any atom is 0.243 e. The number of hydrogen-bond donors (Lipinski definition) is 1. The number of sulfonamides is 1. The van der Waals surface area contributed by atoms with Crippen molar-refractivity contribution in [2.45, 2.75) is 31.2 Å². The summed E-state index contributed by atoms with van der Waals surface area (Å²) >= 11 is 12.3. The molecule has 2 aromatic rings. The molecule has 3 rings (SSSR count). The first-order valence-electron chi connectivity index (χ1n) is 9.99. The van der Waals surface area contributed by atoms with Crippen LogP contribution in [0.4, 0.5) is 5.69 Å². The average Bonchev–Trinajstić information content (AvgIpc) is 2.75. The van der Waals surface area contributed by atoms with E-state index in [1.165, 1.54) is 19.1 Å². The van der Waals surface area contributed by atoms with Crippen LogP contribution in [0.15, 0.2) is 48.5 Å². The lowest BCUT2D eigenvalue weighted by molar-refractivity contribution is -0.122. The van der Waals surface area contributed by atoms with E-state index in [2.05, 4.69) is 17.4 Å². The van der Waals surface area contributed by atoms with E-state index in [9.17, 15) is 13.2 Å². The molecular weight excluding hydrogens is 459 g/mol. The van der Waals surface area contributed by atoms with Gasteiger partial charge in [-0.1, -0.05) is 53.5 Å². The number of anilines is 1. The summed E-state index contributed by atoms with van der Waals surface area (Å²) in [5.74, 6) is -0.414. The summed E-state index contributed by atoms with van der Waals surface area (Å²) in [5, 5.41) is 3.49. The molecule has 1 aliphatic heterocycles. The second kappa shape index (κ2) is 9.77. The Hall–Kier alpha value is -1.80. The van der Waals surface area contributed by atoms with Crippen LogP contribution in [0.2, 0.25) is 10.0 Å². The highest BCUT2D eigenvalue weighted by molar-refractivity contribution is 7.92. The van der Waals surface area contributed by atoms with Gasteiger partial charge in [0.15, 0.2) is 0 Å². The van der Waals surface area contributed by atoms with Crippen molar-refractivity contribution in [1.82, 2.24) is 5.32 Å². The largest absolute Gasteiger partial charge is 0.381 e. The lowest BCUT2D eigenvalue weighted by Gasteiger charge is -2.38. The number of nitrogens with zero attached hydrogens (tertiary/aromatic N) is 1. The van der Waals surface area contributed by atoms with Crippen LogP contribution in [0.1, 0.15) is 25.3 Å². The van der Waals surface area contributed by atoms with Crippen LogP contribution in [0.25, 0.3) is 0 Å². The van der Waals surface area contributed by atoms with E-state index in [1.54, 1.807) is 6.07 Å². The third kappa shape index (κ3) is 5.52. The smallest absolute Gasteiger partial charge is 0.243 e. The van der Waals surface area contributed by atoms with Gasteiger partial charge in [-0.3, -0.25) is 9.10 Å². The van der Waals surface area contributed by atoms with Crippen molar-refractivity contribution in [2.75, 3.05) is 30.3 Å².